The molecule has 1 amide bonds. The minimum absolute atomic E-state index is 0.0703. The van der Waals surface area contributed by atoms with Gasteiger partial charge in [0.1, 0.15) is 0 Å². The molecular formula is C16H24N2O3S. The highest BCUT2D eigenvalue weighted by atomic mass is 32.2. The molecular weight excluding hydrogens is 300 g/mol. The first-order valence-corrected chi connectivity index (χ1v) is 9.20. The molecule has 1 unspecified atom stereocenters. The standard InChI is InChI=1S/C16H24N2O3S/c1-5-16(19)18-9-8-13-10-14(6-7-15(13)18)22(20,21)17-12(4)11(2)3/h6-7,10-12,17H,5,8-9H2,1-4H3. The Kier molecular flexibility index (Phi) is 4.92. The van der Waals surface area contributed by atoms with Crippen LogP contribution in [-0.4, -0.2) is 26.9 Å². The van der Waals surface area contributed by atoms with Crippen LogP contribution in [0.3, 0.4) is 0 Å². The fourth-order valence-corrected chi connectivity index (χ4v) is 3.89. The molecule has 0 aromatic heterocycles. The van der Waals surface area contributed by atoms with Crippen molar-refractivity contribution in [2.45, 2.75) is 51.5 Å². The number of nitrogens with zero attached hydrogens (tertiary/aromatic N) is 1. The Bertz CT molecular complexity index is 668. The van der Waals surface area contributed by atoms with Crippen LogP contribution in [0.15, 0.2) is 23.1 Å². The van der Waals surface area contributed by atoms with Crippen molar-refractivity contribution in [2.24, 2.45) is 5.92 Å². The Morgan fingerprint density at radius 1 is 1.32 bits per heavy atom. The van der Waals surface area contributed by atoms with Gasteiger partial charge < -0.3 is 4.90 Å². The van der Waals surface area contributed by atoms with Gasteiger partial charge in [0, 0.05) is 24.7 Å². The molecule has 0 saturated heterocycles. The second kappa shape index (κ2) is 6.38. The van der Waals surface area contributed by atoms with Crippen LogP contribution in [0, 0.1) is 5.92 Å². The number of anilines is 1. The van der Waals surface area contributed by atoms with E-state index < -0.39 is 10.0 Å². The van der Waals surface area contributed by atoms with Gasteiger partial charge in [-0.25, -0.2) is 13.1 Å². The van der Waals surface area contributed by atoms with Crippen LogP contribution in [0.2, 0.25) is 0 Å². The lowest BCUT2D eigenvalue weighted by Crippen LogP contribution is -2.36. The average molecular weight is 324 g/mol. The summed E-state index contributed by atoms with van der Waals surface area (Å²) in [4.78, 5) is 13.9. The van der Waals surface area contributed by atoms with E-state index in [2.05, 4.69) is 4.72 Å². The van der Waals surface area contributed by atoms with Crippen molar-refractivity contribution < 1.29 is 13.2 Å². The molecule has 0 radical (unpaired) electrons. The first kappa shape index (κ1) is 17.0. The van der Waals surface area contributed by atoms with E-state index in [1.54, 1.807) is 23.1 Å². The van der Waals surface area contributed by atoms with Crippen molar-refractivity contribution >= 4 is 21.6 Å². The summed E-state index contributed by atoms with van der Waals surface area (Å²) in [6.45, 7) is 8.27. The van der Waals surface area contributed by atoms with Crippen LogP contribution in [0.1, 0.15) is 39.7 Å². The molecule has 0 fully saturated rings. The summed E-state index contributed by atoms with van der Waals surface area (Å²) in [7, 11) is -3.52. The Balaban J connectivity index is 2.28. The van der Waals surface area contributed by atoms with E-state index in [-0.39, 0.29) is 22.8 Å². The summed E-state index contributed by atoms with van der Waals surface area (Å²) in [5.41, 5.74) is 1.75. The molecule has 0 aliphatic carbocycles. The monoisotopic (exact) mass is 324 g/mol. The van der Waals surface area contributed by atoms with Gasteiger partial charge in [-0.1, -0.05) is 20.8 Å². The van der Waals surface area contributed by atoms with E-state index in [0.717, 1.165) is 11.3 Å². The Morgan fingerprint density at radius 3 is 2.59 bits per heavy atom. The number of hydrogen-bond donors (Lipinski definition) is 1. The quantitative estimate of drug-likeness (QED) is 0.904. The summed E-state index contributed by atoms with van der Waals surface area (Å²) < 4.78 is 27.6. The Labute approximate surface area is 132 Å². The van der Waals surface area contributed by atoms with Gasteiger partial charge in [-0.2, -0.15) is 0 Å². The second-order valence-corrected chi connectivity index (χ2v) is 7.81. The molecule has 1 N–H and O–H groups in total. The molecule has 1 aromatic rings. The third-order valence-electron chi connectivity index (χ3n) is 4.20. The van der Waals surface area contributed by atoms with Gasteiger partial charge in [0.15, 0.2) is 0 Å². The molecule has 6 heteroatoms. The minimum Gasteiger partial charge on any atom is -0.312 e. The molecule has 0 spiro atoms. The maximum Gasteiger partial charge on any atom is 0.240 e. The molecule has 2 rings (SSSR count). The van der Waals surface area contributed by atoms with E-state index in [1.807, 2.05) is 27.7 Å². The van der Waals surface area contributed by atoms with Crippen molar-refractivity contribution in [3.05, 3.63) is 23.8 Å². The highest BCUT2D eigenvalue weighted by Crippen LogP contribution is 2.30. The Morgan fingerprint density at radius 2 is 2.00 bits per heavy atom. The third kappa shape index (κ3) is 3.33. The second-order valence-electron chi connectivity index (χ2n) is 6.09. The molecule has 0 bridgehead atoms. The molecule has 0 saturated carbocycles. The molecule has 1 heterocycles. The zero-order chi connectivity index (χ0) is 16.5. The van der Waals surface area contributed by atoms with Gasteiger partial charge in [-0.05, 0) is 43.0 Å². The van der Waals surface area contributed by atoms with Crippen molar-refractivity contribution in [1.82, 2.24) is 4.72 Å². The SMILES string of the molecule is CCC(=O)N1CCc2cc(S(=O)(=O)NC(C)C(C)C)ccc21. The summed E-state index contributed by atoms with van der Waals surface area (Å²) in [6, 6.07) is 4.88. The maximum atomic E-state index is 12.4. The predicted octanol–water partition coefficient (Wildman–Crippen LogP) is 2.31. The van der Waals surface area contributed by atoms with Crippen LogP contribution in [0.4, 0.5) is 5.69 Å². The Hall–Kier alpha value is -1.40. The van der Waals surface area contributed by atoms with Gasteiger partial charge in [0.2, 0.25) is 15.9 Å². The average Bonchev–Trinajstić information content (AvgIpc) is 2.88. The van der Waals surface area contributed by atoms with Crippen molar-refractivity contribution in [3.63, 3.8) is 0 Å². The number of carbonyl (C=O) groups excluding carboxylic acids is 1. The number of benzene rings is 1. The largest absolute Gasteiger partial charge is 0.312 e. The van der Waals surface area contributed by atoms with Gasteiger partial charge in [0.05, 0.1) is 4.90 Å². The molecule has 1 atom stereocenters. The van der Waals surface area contributed by atoms with E-state index in [4.69, 9.17) is 0 Å². The van der Waals surface area contributed by atoms with Crippen LogP contribution in [0.5, 0.6) is 0 Å². The molecule has 1 aromatic carbocycles. The number of hydrogen-bond acceptors (Lipinski definition) is 3. The van der Waals surface area contributed by atoms with Crippen LogP contribution >= 0.6 is 0 Å². The number of fused-ring (bicyclic) bond motifs is 1. The normalized spacial score (nSPS) is 16.0. The first-order chi connectivity index (χ1) is 10.3. The predicted molar refractivity (Wildman–Crippen MR) is 87.4 cm³/mol. The number of carbonyl (C=O) groups is 1. The molecule has 5 nitrogen and oxygen atoms in total. The van der Waals surface area contributed by atoms with E-state index >= 15 is 0 Å². The van der Waals surface area contributed by atoms with Gasteiger partial charge >= 0.3 is 0 Å². The van der Waals surface area contributed by atoms with Crippen molar-refractivity contribution in [1.29, 1.82) is 0 Å². The van der Waals surface area contributed by atoms with Gasteiger partial charge in [0.25, 0.3) is 0 Å². The van der Waals surface area contributed by atoms with E-state index in [1.165, 1.54) is 0 Å². The molecule has 22 heavy (non-hydrogen) atoms. The van der Waals surface area contributed by atoms with Gasteiger partial charge in [-0.15, -0.1) is 0 Å². The highest BCUT2D eigenvalue weighted by molar-refractivity contribution is 7.89. The number of sulfonamides is 1. The summed E-state index contributed by atoms with van der Waals surface area (Å²) in [5, 5.41) is 0. The number of nitrogens with one attached hydrogen (secondary N) is 1. The summed E-state index contributed by atoms with van der Waals surface area (Å²) in [6.07, 6.45) is 1.15. The fraction of sp³-hybridized carbons (Fsp3) is 0.562. The fourth-order valence-electron chi connectivity index (χ4n) is 2.44. The summed E-state index contributed by atoms with van der Waals surface area (Å²) in [5.74, 6) is 0.294. The zero-order valence-electron chi connectivity index (χ0n) is 13.6. The van der Waals surface area contributed by atoms with Crippen LogP contribution in [0.25, 0.3) is 0 Å². The number of amides is 1. The van der Waals surface area contributed by atoms with E-state index in [0.29, 0.717) is 19.4 Å². The smallest absolute Gasteiger partial charge is 0.240 e. The van der Waals surface area contributed by atoms with Crippen LogP contribution in [-0.2, 0) is 21.2 Å². The number of rotatable bonds is 5. The van der Waals surface area contributed by atoms with Crippen molar-refractivity contribution in [2.75, 3.05) is 11.4 Å². The zero-order valence-corrected chi connectivity index (χ0v) is 14.4. The first-order valence-electron chi connectivity index (χ1n) is 7.72. The third-order valence-corrected chi connectivity index (χ3v) is 5.76. The summed E-state index contributed by atoms with van der Waals surface area (Å²) >= 11 is 0. The lowest BCUT2D eigenvalue weighted by Gasteiger charge is -2.19. The molecule has 122 valence electrons. The topological polar surface area (TPSA) is 66.5 Å². The molecule has 1 aliphatic rings. The van der Waals surface area contributed by atoms with Gasteiger partial charge in [-0.3, -0.25) is 4.79 Å². The van der Waals surface area contributed by atoms with E-state index in [9.17, 15) is 13.2 Å². The highest BCUT2D eigenvalue weighted by Gasteiger charge is 2.26. The minimum atomic E-state index is -3.52. The van der Waals surface area contributed by atoms with Crippen LogP contribution < -0.4 is 9.62 Å². The maximum absolute atomic E-state index is 12.4. The lowest BCUT2D eigenvalue weighted by molar-refractivity contribution is -0.118. The lowest BCUT2D eigenvalue weighted by atomic mass is 10.1. The molecule has 1 aliphatic heterocycles. The van der Waals surface area contributed by atoms with Crippen molar-refractivity contribution in [3.8, 4) is 0 Å².